The van der Waals surface area contributed by atoms with Crippen LogP contribution in [0.5, 0.6) is 0 Å². The van der Waals surface area contributed by atoms with Crippen molar-refractivity contribution in [2.24, 2.45) is 5.14 Å². The molecule has 0 radical (unpaired) electrons. The average Bonchev–Trinajstić information content (AvgIpc) is 2.73. The Morgan fingerprint density at radius 2 is 1.86 bits per heavy atom. The van der Waals surface area contributed by atoms with Crippen LogP contribution in [0.1, 0.15) is 18.7 Å². The van der Waals surface area contributed by atoms with E-state index in [9.17, 15) is 21.6 Å². The van der Waals surface area contributed by atoms with Gasteiger partial charge in [-0.1, -0.05) is 0 Å². The molecule has 0 aliphatic carbocycles. The number of nitrogens with one attached hydrogen (secondary N) is 1. The Hall–Kier alpha value is -0.970. The van der Waals surface area contributed by atoms with Gasteiger partial charge in [0.25, 0.3) is 0 Å². The summed E-state index contributed by atoms with van der Waals surface area (Å²) in [5, 5.41) is 7.51. The second-order valence-corrected chi connectivity index (χ2v) is 10.9. The molecule has 1 amide bonds. The molecule has 7 nitrogen and oxygen atoms in total. The molecule has 0 unspecified atom stereocenters. The van der Waals surface area contributed by atoms with Crippen molar-refractivity contribution in [3.63, 3.8) is 0 Å². The lowest BCUT2D eigenvalue weighted by atomic mass is 10.2. The van der Waals surface area contributed by atoms with Crippen molar-refractivity contribution in [3.8, 4) is 0 Å². The summed E-state index contributed by atoms with van der Waals surface area (Å²) >= 11 is 0.915. The summed E-state index contributed by atoms with van der Waals surface area (Å²) in [6.07, 6.45) is 1.08. The number of carbonyl (C=O) groups is 1. The molecule has 1 heterocycles. The van der Waals surface area contributed by atoms with Gasteiger partial charge in [-0.2, -0.15) is 0 Å². The second-order valence-electron chi connectivity index (χ2n) is 5.25. The number of hydrogen-bond donors (Lipinski definition) is 2. The highest BCUT2D eigenvalue weighted by molar-refractivity contribution is 7.92. The molecule has 120 valence electrons. The van der Waals surface area contributed by atoms with Gasteiger partial charge in [0.2, 0.25) is 15.9 Å². The SMILES string of the molecule is CC(C)(CNC(=O)Cc1ccc(S(N)(=O)=O)s1)S(C)(=O)=O. The van der Waals surface area contributed by atoms with E-state index in [-0.39, 0.29) is 23.1 Å². The predicted molar refractivity (Wildman–Crippen MR) is 81.3 cm³/mol. The molecule has 1 aromatic heterocycles. The maximum absolute atomic E-state index is 11.8. The van der Waals surface area contributed by atoms with Crippen LogP contribution in [0.15, 0.2) is 16.3 Å². The average molecular weight is 354 g/mol. The Labute approximate surface area is 128 Å². The first-order valence-electron chi connectivity index (χ1n) is 5.91. The molecule has 1 rings (SSSR count). The van der Waals surface area contributed by atoms with Crippen LogP contribution in [-0.2, 0) is 31.1 Å². The maximum Gasteiger partial charge on any atom is 0.247 e. The normalized spacial score (nSPS) is 13.1. The predicted octanol–water partition coefficient (Wildman–Crippen LogP) is -0.123. The Kier molecular flexibility index (Phi) is 5.19. The molecule has 0 aromatic carbocycles. The van der Waals surface area contributed by atoms with E-state index in [4.69, 9.17) is 5.14 Å². The van der Waals surface area contributed by atoms with E-state index >= 15 is 0 Å². The van der Waals surface area contributed by atoms with E-state index in [1.807, 2.05) is 0 Å². The van der Waals surface area contributed by atoms with Crippen LogP contribution in [0.2, 0.25) is 0 Å². The zero-order valence-electron chi connectivity index (χ0n) is 11.9. The van der Waals surface area contributed by atoms with Crippen LogP contribution >= 0.6 is 11.3 Å². The third-order valence-corrected chi connectivity index (χ3v) is 7.64. The Morgan fingerprint density at radius 1 is 1.29 bits per heavy atom. The summed E-state index contributed by atoms with van der Waals surface area (Å²) < 4.78 is 44.2. The number of sulfone groups is 1. The fourth-order valence-corrected chi connectivity index (χ4v) is 3.38. The Balaban J connectivity index is 2.66. The van der Waals surface area contributed by atoms with E-state index in [1.54, 1.807) is 0 Å². The molecule has 0 aliphatic rings. The van der Waals surface area contributed by atoms with Crippen molar-refractivity contribution in [1.29, 1.82) is 0 Å². The van der Waals surface area contributed by atoms with Gasteiger partial charge >= 0.3 is 0 Å². The summed E-state index contributed by atoms with van der Waals surface area (Å²) in [6.45, 7) is 3.03. The van der Waals surface area contributed by atoms with Gasteiger partial charge in [-0.3, -0.25) is 4.79 Å². The lowest BCUT2D eigenvalue weighted by Gasteiger charge is -2.22. The van der Waals surface area contributed by atoms with Gasteiger partial charge in [-0.05, 0) is 26.0 Å². The number of nitrogens with two attached hydrogens (primary N) is 1. The highest BCUT2D eigenvalue weighted by Gasteiger charge is 2.30. The molecular formula is C11H18N2O5S3. The topological polar surface area (TPSA) is 123 Å². The lowest BCUT2D eigenvalue weighted by Crippen LogP contribution is -2.44. The second kappa shape index (κ2) is 6.03. The molecule has 21 heavy (non-hydrogen) atoms. The standard InChI is InChI=1S/C11H18N2O5S3/c1-11(2,20(3,15)16)7-13-9(14)6-8-4-5-10(19-8)21(12,17)18/h4-5H,6-7H2,1-3H3,(H,13,14)(H2,12,17,18). The van der Waals surface area contributed by atoms with Gasteiger partial charge in [0.15, 0.2) is 9.84 Å². The van der Waals surface area contributed by atoms with Crippen LogP contribution < -0.4 is 10.5 Å². The highest BCUT2D eigenvalue weighted by Crippen LogP contribution is 2.20. The van der Waals surface area contributed by atoms with Crippen molar-refractivity contribution < 1.29 is 21.6 Å². The minimum Gasteiger partial charge on any atom is -0.354 e. The fourth-order valence-electron chi connectivity index (χ4n) is 1.27. The molecular weight excluding hydrogens is 336 g/mol. The molecule has 0 spiro atoms. The van der Waals surface area contributed by atoms with Gasteiger partial charge in [-0.25, -0.2) is 22.0 Å². The molecule has 0 bridgehead atoms. The maximum atomic E-state index is 11.8. The minimum absolute atomic E-state index is 0.0123. The third kappa shape index (κ3) is 5.06. The smallest absolute Gasteiger partial charge is 0.247 e. The van der Waals surface area contributed by atoms with Gasteiger partial charge in [0.05, 0.1) is 11.2 Å². The fraction of sp³-hybridized carbons (Fsp3) is 0.545. The van der Waals surface area contributed by atoms with E-state index < -0.39 is 24.6 Å². The number of hydrogen-bond acceptors (Lipinski definition) is 6. The van der Waals surface area contributed by atoms with Crippen LogP contribution in [0.4, 0.5) is 0 Å². The lowest BCUT2D eigenvalue weighted by molar-refractivity contribution is -0.120. The van der Waals surface area contributed by atoms with E-state index in [0.717, 1.165) is 17.6 Å². The molecule has 0 aliphatic heterocycles. The van der Waals surface area contributed by atoms with Crippen molar-refractivity contribution >= 4 is 37.1 Å². The van der Waals surface area contributed by atoms with Crippen LogP contribution in [0, 0.1) is 0 Å². The minimum atomic E-state index is -3.77. The van der Waals surface area contributed by atoms with Gasteiger partial charge in [0, 0.05) is 17.7 Å². The Bertz CT molecular complexity index is 732. The molecule has 10 heteroatoms. The number of carbonyl (C=O) groups excluding carboxylic acids is 1. The first-order chi connectivity index (χ1) is 9.33. The molecule has 0 fully saturated rings. The molecule has 0 atom stereocenters. The zero-order valence-corrected chi connectivity index (χ0v) is 14.4. The highest BCUT2D eigenvalue weighted by atomic mass is 32.2. The quantitative estimate of drug-likeness (QED) is 0.737. The van der Waals surface area contributed by atoms with Gasteiger partial charge < -0.3 is 5.32 Å². The Morgan fingerprint density at radius 3 is 2.29 bits per heavy atom. The van der Waals surface area contributed by atoms with E-state index in [2.05, 4.69) is 5.32 Å². The number of rotatable bonds is 6. The first-order valence-corrected chi connectivity index (χ1v) is 10.2. The van der Waals surface area contributed by atoms with E-state index in [0.29, 0.717) is 4.88 Å². The summed E-state index contributed by atoms with van der Waals surface area (Å²) in [5.74, 6) is -0.380. The number of amides is 1. The van der Waals surface area contributed by atoms with Crippen LogP contribution in [-0.4, -0.2) is 40.3 Å². The van der Waals surface area contributed by atoms with E-state index in [1.165, 1.54) is 26.0 Å². The number of primary sulfonamides is 1. The summed E-state index contributed by atoms with van der Waals surface area (Å²) in [5.41, 5.74) is 0. The summed E-state index contributed by atoms with van der Waals surface area (Å²) in [6, 6.07) is 2.84. The molecule has 0 saturated heterocycles. The molecule has 0 saturated carbocycles. The first kappa shape index (κ1) is 18.1. The largest absolute Gasteiger partial charge is 0.354 e. The molecule has 1 aromatic rings. The monoisotopic (exact) mass is 354 g/mol. The number of thiophene rings is 1. The van der Waals surface area contributed by atoms with Crippen LogP contribution in [0.25, 0.3) is 0 Å². The zero-order chi connectivity index (χ0) is 16.5. The van der Waals surface area contributed by atoms with Crippen molar-refractivity contribution in [1.82, 2.24) is 5.32 Å². The van der Waals surface area contributed by atoms with Gasteiger partial charge in [0.1, 0.15) is 4.21 Å². The summed E-state index contributed by atoms with van der Waals surface area (Å²) in [4.78, 5) is 12.3. The van der Waals surface area contributed by atoms with Crippen LogP contribution in [0.3, 0.4) is 0 Å². The third-order valence-electron chi connectivity index (χ3n) is 2.97. The summed E-state index contributed by atoms with van der Waals surface area (Å²) in [7, 11) is -7.06. The van der Waals surface area contributed by atoms with Crippen molar-refractivity contribution in [3.05, 3.63) is 17.0 Å². The molecule has 3 N–H and O–H groups in total. The number of sulfonamides is 1. The van der Waals surface area contributed by atoms with Gasteiger partial charge in [-0.15, -0.1) is 11.3 Å². The van der Waals surface area contributed by atoms with Crippen molar-refractivity contribution in [2.45, 2.75) is 29.2 Å². The van der Waals surface area contributed by atoms with Crippen molar-refractivity contribution in [2.75, 3.05) is 12.8 Å².